The largest absolute Gasteiger partial charge is 0.345 e. The highest BCUT2D eigenvalue weighted by Crippen LogP contribution is 2.33. The normalized spacial score (nSPS) is 17.8. The molecule has 3 aromatic rings. The van der Waals surface area contributed by atoms with Gasteiger partial charge in [-0.3, -0.25) is 19.0 Å². The summed E-state index contributed by atoms with van der Waals surface area (Å²) in [5, 5.41) is 13.1. The van der Waals surface area contributed by atoms with Gasteiger partial charge in [0.1, 0.15) is 5.69 Å². The molecule has 0 saturated carbocycles. The molecule has 168 valence electrons. The van der Waals surface area contributed by atoms with E-state index in [0.29, 0.717) is 24.3 Å². The van der Waals surface area contributed by atoms with Crippen LogP contribution in [0.4, 0.5) is 0 Å². The average molecular weight is 435 g/mol. The molecule has 0 radical (unpaired) electrons. The molecular formula is C24H30N6O2. The summed E-state index contributed by atoms with van der Waals surface area (Å²) in [7, 11) is 1.93. The van der Waals surface area contributed by atoms with E-state index in [2.05, 4.69) is 22.4 Å². The van der Waals surface area contributed by atoms with Gasteiger partial charge in [-0.25, -0.2) is 0 Å². The fourth-order valence-electron chi connectivity index (χ4n) is 5.31. The van der Waals surface area contributed by atoms with E-state index in [-0.39, 0.29) is 23.4 Å². The quantitative estimate of drug-likeness (QED) is 0.687. The van der Waals surface area contributed by atoms with Crippen molar-refractivity contribution in [2.24, 2.45) is 7.05 Å². The molecule has 1 fully saturated rings. The lowest BCUT2D eigenvalue weighted by atomic mass is 9.79. The van der Waals surface area contributed by atoms with E-state index in [1.807, 2.05) is 55.0 Å². The van der Waals surface area contributed by atoms with Crippen LogP contribution in [0.2, 0.25) is 0 Å². The number of hydrogen-bond donors (Lipinski definition) is 1. The maximum atomic E-state index is 13.3. The highest BCUT2D eigenvalue weighted by atomic mass is 16.2. The number of nitrogens with one attached hydrogen (secondary N) is 1. The monoisotopic (exact) mass is 434 g/mol. The first kappa shape index (κ1) is 20.7. The van der Waals surface area contributed by atoms with E-state index in [1.165, 1.54) is 0 Å². The zero-order valence-corrected chi connectivity index (χ0v) is 19.2. The number of aryl methyl sites for hydroxylation is 2. The SMILES string of the molecule is CCc1cc(C(=O)N2CCC3(CC2)Cc2cnn(C(C)C)c2C(=O)N3)cc2cnn(C)c12. The summed E-state index contributed by atoms with van der Waals surface area (Å²) in [6.07, 6.45) is 6.76. The second-order valence-corrected chi connectivity index (χ2v) is 9.46. The number of fused-ring (bicyclic) bond motifs is 2. The van der Waals surface area contributed by atoms with Crippen molar-refractivity contribution in [1.82, 2.24) is 29.8 Å². The van der Waals surface area contributed by atoms with E-state index in [0.717, 1.165) is 47.7 Å². The predicted molar refractivity (Wildman–Crippen MR) is 122 cm³/mol. The third-order valence-corrected chi connectivity index (χ3v) is 7.03. The molecule has 1 spiro atoms. The molecule has 1 saturated heterocycles. The first-order valence-corrected chi connectivity index (χ1v) is 11.4. The summed E-state index contributed by atoms with van der Waals surface area (Å²) in [5.41, 5.74) is 4.33. The molecule has 4 heterocycles. The molecule has 8 heteroatoms. The lowest BCUT2D eigenvalue weighted by Crippen LogP contribution is -2.59. The van der Waals surface area contributed by atoms with E-state index < -0.39 is 0 Å². The van der Waals surface area contributed by atoms with E-state index in [1.54, 1.807) is 4.68 Å². The molecule has 2 amide bonds. The third-order valence-electron chi connectivity index (χ3n) is 7.03. The minimum absolute atomic E-state index is 0.0492. The number of amides is 2. The summed E-state index contributed by atoms with van der Waals surface area (Å²) < 4.78 is 3.67. The van der Waals surface area contributed by atoms with Crippen molar-refractivity contribution in [1.29, 1.82) is 0 Å². The molecule has 5 rings (SSSR count). The molecule has 2 aromatic heterocycles. The van der Waals surface area contributed by atoms with E-state index >= 15 is 0 Å². The number of carbonyl (C=O) groups excluding carboxylic acids is 2. The molecule has 0 aliphatic carbocycles. The van der Waals surface area contributed by atoms with Crippen LogP contribution in [-0.2, 0) is 19.9 Å². The lowest BCUT2D eigenvalue weighted by molar-refractivity contribution is 0.0603. The Labute approximate surface area is 187 Å². The van der Waals surface area contributed by atoms with E-state index in [9.17, 15) is 9.59 Å². The van der Waals surface area contributed by atoms with Crippen LogP contribution in [0.1, 0.15) is 71.6 Å². The number of rotatable bonds is 3. The molecular weight excluding hydrogens is 404 g/mol. The van der Waals surface area contributed by atoms with Crippen LogP contribution < -0.4 is 5.32 Å². The highest BCUT2D eigenvalue weighted by molar-refractivity contribution is 5.99. The third kappa shape index (κ3) is 3.20. The van der Waals surface area contributed by atoms with Crippen molar-refractivity contribution in [3.05, 3.63) is 46.9 Å². The van der Waals surface area contributed by atoms with Crippen LogP contribution in [0.15, 0.2) is 24.5 Å². The van der Waals surface area contributed by atoms with Crippen LogP contribution in [0.25, 0.3) is 10.9 Å². The summed E-state index contributed by atoms with van der Waals surface area (Å²) >= 11 is 0. The number of carbonyl (C=O) groups is 2. The van der Waals surface area contributed by atoms with Crippen LogP contribution in [-0.4, -0.2) is 54.9 Å². The number of likely N-dealkylation sites (tertiary alicyclic amines) is 1. The lowest BCUT2D eigenvalue weighted by Gasteiger charge is -2.44. The molecule has 0 bridgehead atoms. The maximum absolute atomic E-state index is 13.3. The van der Waals surface area contributed by atoms with Gasteiger partial charge in [-0.05, 0) is 57.2 Å². The first-order chi connectivity index (χ1) is 15.3. The zero-order valence-electron chi connectivity index (χ0n) is 19.2. The molecule has 8 nitrogen and oxygen atoms in total. The number of benzene rings is 1. The molecule has 2 aliphatic rings. The Morgan fingerprint density at radius 1 is 1.19 bits per heavy atom. The van der Waals surface area contributed by atoms with Gasteiger partial charge in [0.15, 0.2) is 0 Å². The van der Waals surface area contributed by atoms with Crippen molar-refractivity contribution in [2.75, 3.05) is 13.1 Å². The van der Waals surface area contributed by atoms with Gasteiger partial charge in [-0.1, -0.05) is 6.92 Å². The Bertz CT molecular complexity index is 1210. The van der Waals surface area contributed by atoms with Gasteiger partial charge in [0.2, 0.25) is 0 Å². The van der Waals surface area contributed by atoms with Crippen molar-refractivity contribution >= 4 is 22.7 Å². The molecule has 32 heavy (non-hydrogen) atoms. The Balaban J connectivity index is 1.34. The Kier molecular flexibility index (Phi) is 4.83. The second-order valence-electron chi connectivity index (χ2n) is 9.46. The van der Waals surface area contributed by atoms with Crippen LogP contribution >= 0.6 is 0 Å². The Morgan fingerprint density at radius 2 is 1.94 bits per heavy atom. The van der Waals surface area contributed by atoms with Gasteiger partial charge < -0.3 is 10.2 Å². The fraction of sp³-hybridized carbons (Fsp3) is 0.500. The van der Waals surface area contributed by atoms with Crippen molar-refractivity contribution in [2.45, 2.75) is 58.0 Å². The number of hydrogen-bond acceptors (Lipinski definition) is 4. The first-order valence-electron chi connectivity index (χ1n) is 11.4. The van der Waals surface area contributed by atoms with Crippen LogP contribution in [0.3, 0.4) is 0 Å². The summed E-state index contributed by atoms with van der Waals surface area (Å²) in [4.78, 5) is 28.2. The summed E-state index contributed by atoms with van der Waals surface area (Å²) in [6, 6.07) is 4.10. The Morgan fingerprint density at radius 3 is 2.62 bits per heavy atom. The topological polar surface area (TPSA) is 85.1 Å². The summed E-state index contributed by atoms with van der Waals surface area (Å²) in [5.74, 6) is 0.00241. The maximum Gasteiger partial charge on any atom is 0.270 e. The number of nitrogens with zero attached hydrogens (tertiary/aromatic N) is 5. The Hall–Kier alpha value is -3.16. The van der Waals surface area contributed by atoms with Crippen molar-refractivity contribution < 1.29 is 9.59 Å². The van der Waals surface area contributed by atoms with Gasteiger partial charge in [-0.15, -0.1) is 0 Å². The molecule has 0 atom stereocenters. The van der Waals surface area contributed by atoms with Gasteiger partial charge >= 0.3 is 0 Å². The zero-order chi connectivity index (χ0) is 22.6. The molecule has 0 unspecified atom stereocenters. The van der Waals surface area contributed by atoms with Gasteiger partial charge in [0, 0.05) is 48.2 Å². The van der Waals surface area contributed by atoms with Crippen molar-refractivity contribution in [3.63, 3.8) is 0 Å². The highest BCUT2D eigenvalue weighted by Gasteiger charge is 2.43. The van der Waals surface area contributed by atoms with Crippen LogP contribution in [0.5, 0.6) is 0 Å². The van der Waals surface area contributed by atoms with Gasteiger partial charge in [0.05, 0.1) is 17.9 Å². The molecule has 1 aromatic carbocycles. The summed E-state index contributed by atoms with van der Waals surface area (Å²) in [6.45, 7) is 7.41. The molecule has 1 N–H and O–H groups in total. The van der Waals surface area contributed by atoms with Gasteiger partial charge in [-0.2, -0.15) is 10.2 Å². The van der Waals surface area contributed by atoms with Gasteiger partial charge in [0.25, 0.3) is 11.8 Å². The van der Waals surface area contributed by atoms with Crippen LogP contribution in [0, 0.1) is 0 Å². The minimum atomic E-state index is -0.298. The van der Waals surface area contributed by atoms with Crippen molar-refractivity contribution in [3.8, 4) is 0 Å². The number of aromatic nitrogens is 4. The average Bonchev–Trinajstić information content (AvgIpc) is 3.37. The molecule has 2 aliphatic heterocycles. The minimum Gasteiger partial charge on any atom is -0.345 e. The standard InChI is InChI=1S/C24H30N6O2/c1-5-16-10-17(11-18-13-25-28(4)20(16)18)23(32)29-8-6-24(7-9-29)12-19-14-26-30(15(2)3)21(19)22(31)27-24/h10-11,13-15H,5-9,12H2,1-4H3,(H,27,31). The smallest absolute Gasteiger partial charge is 0.270 e. The fourth-order valence-corrected chi connectivity index (χ4v) is 5.31. The van der Waals surface area contributed by atoms with E-state index in [4.69, 9.17) is 0 Å². The predicted octanol–water partition coefficient (Wildman–Crippen LogP) is 2.87. The number of piperidine rings is 1. The second kappa shape index (κ2) is 7.46.